The van der Waals surface area contributed by atoms with Crippen LogP contribution in [0, 0.1) is 0 Å². The normalized spacial score (nSPS) is 9.50. The van der Waals surface area contributed by atoms with Crippen LogP contribution < -0.4 is 10.6 Å². The van der Waals surface area contributed by atoms with Gasteiger partial charge in [-0.15, -0.1) is 0 Å². The van der Waals surface area contributed by atoms with Gasteiger partial charge in [-0.3, -0.25) is 0 Å². The Morgan fingerprint density at radius 2 is 2.17 bits per heavy atom. The minimum absolute atomic E-state index is 0.125. The maximum atomic E-state index is 10.7. The Bertz CT molecular complexity index is 271. The van der Waals surface area contributed by atoms with Crippen LogP contribution in [-0.2, 0) is 0 Å². The van der Waals surface area contributed by atoms with E-state index in [0.29, 0.717) is 5.69 Å². The van der Waals surface area contributed by atoms with Crippen LogP contribution in [0.4, 0.5) is 11.6 Å². The predicted molar refractivity (Wildman–Crippen MR) is 44.8 cm³/mol. The number of anilines is 2. The minimum Gasteiger partial charge on any atom is -0.477 e. The Morgan fingerprint density at radius 3 is 2.58 bits per heavy atom. The molecule has 0 aliphatic heterocycles. The van der Waals surface area contributed by atoms with E-state index in [1.807, 2.05) is 0 Å². The van der Waals surface area contributed by atoms with Gasteiger partial charge >= 0.3 is 5.97 Å². The number of nitrogens with one attached hydrogen (secondary N) is 2. The van der Waals surface area contributed by atoms with E-state index in [4.69, 9.17) is 9.52 Å². The summed E-state index contributed by atoms with van der Waals surface area (Å²) >= 11 is 0. The van der Waals surface area contributed by atoms with E-state index in [2.05, 4.69) is 10.6 Å². The first-order valence-electron chi connectivity index (χ1n) is 3.41. The molecule has 0 amide bonds. The topological polar surface area (TPSA) is 74.5 Å². The molecule has 0 aliphatic carbocycles. The molecule has 0 bridgehead atoms. The lowest BCUT2D eigenvalue weighted by Crippen LogP contribution is -2.02. The molecule has 0 fully saturated rings. The van der Waals surface area contributed by atoms with Gasteiger partial charge in [0.05, 0.1) is 5.69 Å². The van der Waals surface area contributed by atoms with Crippen molar-refractivity contribution in [2.24, 2.45) is 0 Å². The average Bonchev–Trinajstić information content (AvgIpc) is 2.46. The maximum absolute atomic E-state index is 10.7. The van der Waals surface area contributed by atoms with Gasteiger partial charge in [0.2, 0.25) is 5.88 Å². The Balaban J connectivity index is 3.16. The summed E-state index contributed by atoms with van der Waals surface area (Å²) < 4.78 is 4.94. The number of hydrogen-bond donors (Lipinski definition) is 3. The second-order valence-corrected chi connectivity index (χ2v) is 2.16. The Kier molecular flexibility index (Phi) is 2.23. The molecule has 0 atom stereocenters. The van der Waals surface area contributed by atoms with Gasteiger partial charge < -0.3 is 20.2 Å². The molecule has 3 N–H and O–H groups in total. The first-order chi connectivity index (χ1) is 5.70. The average molecular weight is 170 g/mol. The summed E-state index contributed by atoms with van der Waals surface area (Å²) in [6, 6.07) is 0. The highest BCUT2D eigenvalue weighted by molar-refractivity contribution is 5.99. The lowest BCUT2D eigenvalue weighted by molar-refractivity contribution is 0.0698. The summed E-state index contributed by atoms with van der Waals surface area (Å²) in [5.41, 5.74) is 0.590. The lowest BCUT2D eigenvalue weighted by Gasteiger charge is -1.98. The zero-order valence-electron chi connectivity index (χ0n) is 6.84. The van der Waals surface area contributed by atoms with Crippen molar-refractivity contribution in [2.75, 3.05) is 24.7 Å². The van der Waals surface area contributed by atoms with Crippen molar-refractivity contribution in [2.45, 2.75) is 0 Å². The maximum Gasteiger partial charge on any atom is 0.343 e. The fourth-order valence-electron chi connectivity index (χ4n) is 0.938. The molecule has 66 valence electrons. The molecular weight excluding hydrogens is 160 g/mol. The zero-order valence-corrected chi connectivity index (χ0v) is 6.84. The number of hydrogen-bond acceptors (Lipinski definition) is 4. The van der Waals surface area contributed by atoms with Crippen LogP contribution in [-0.4, -0.2) is 25.2 Å². The van der Waals surface area contributed by atoms with Gasteiger partial charge in [-0.25, -0.2) is 4.79 Å². The van der Waals surface area contributed by atoms with Crippen molar-refractivity contribution in [1.82, 2.24) is 0 Å². The van der Waals surface area contributed by atoms with Crippen LogP contribution in [0.15, 0.2) is 10.7 Å². The molecule has 0 spiro atoms. The van der Waals surface area contributed by atoms with E-state index in [0.717, 1.165) is 0 Å². The Hall–Kier alpha value is -1.65. The highest BCUT2D eigenvalue weighted by Crippen LogP contribution is 2.25. The smallest absolute Gasteiger partial charge is 0.343 e. The predicted octanol–water partition coefficient (Wildman–Crippen LogP) is 1.06. The molecule has 0 radical (unpaired) electrons. The van der Waals surface area contributed by atoms with Gasteiger partial charge in [0.15, 0.2) is 0 Å². The van der Waals surface area contributed by atoms with Crippen LogP contribution in [0.3, 0.4) is 0 Å². The third-order valence-corrected chi connectivity index (χ3v) is 1.50. The fraction of sp³-hybridized carbons (Fsp3) is 0.286. The monoisotopic (exact) mass is 170 g/mol. The third-order valence-electron chi connectivity index (χ3n) is 1.50. The Labute approximate surface area is 69.4 Å². The van der Waals surface area contributed by atoms with E-state index in [1.54, 1.807) is 14.1 Å². The molecule has 0 aliphatic rings. The van der Waals surface area contributed by atoms with E-state index < -0.39 is 5.97 Å². The van der Waals surface area contributed by atoms with Gasteiger partial charge in [-0.1, -0.05) is 0 Å². The first-order valence-corrected chi connectivity index (χ1v) is 3.41. The number of aromatic carboxylic acids is 1. The molecule has 5 heteroatoms. The third kappa shape index (κ3) is 1.20. The molecule has 1 aromatic heterocycles. The Morgan fingerprint density at radius 1 is 1.50 bits per heavy atom. The van der Waals surface area contributed by atoms with Gasteiger partial charge in [0.1, 0.15) is 11.8 Å². The van der Waals surface area contributed by atoms with Crippen LogP contribution in [0.2, 0.25) is 0 Å². The van der Waals surface area contributed by atoms with Gasteiger partial charge in [0, 0.05) is 14.1 Å². The molecule has 1 rings (SSSR count). The molecule has 5 nitrogen and oxygen atoms in total. The molecule has 12 heavy (non-hydrogen) atoms. The summed E-state index contributed by atoms with van der Waals surface area (Å²) in [6.45, 7) is 0. The molecule has 0 saturated heterocycles. The van der Waals surface area contributed by atoms with Crippen molar-refractivity contribution >= 4 is 17.5 Å². The molecule has 1 heterocycles. The van der Waals surface area contributed by atoms with Crippen molar-refractivity contribution in [3.63, 3.8) is 0 Å². The summed E-state index contributed by atoms with van der Waals surface area (Å²) in [4.78, 5) is 10.7. The van der Waals surface area contributed by atoms with Crippen molar-refractivity contribution in [3.8, 4) is 0 Å². The summed E-state index contributed by atoms with van der Waals surface area (Å²) in [6.07, 6.45) is 1.36. The van der Waals surface area contributed by atoms with E-state index in [9.17, 15) is 4.79 Å². The largest absolute Gasteiger partial charge is 0.477 e. The second-order valence-electron chi connectivity index (χ2n) is 2.16. The van der Waals surface area contributed by atoms with Crippen LogP contribution in [0.1, 0.15) is 10.4 Å². The van der Waals surface area contributed by atoms with Crippen LogP contribution in [0.25, 0.3) is 0 Å². The lowest BCUT2D eigenvalue weighted by atomic mass is 10.3. The fourth-order valence-corrected chi connectivity index (χ4v) is 0.938. The number of carbonyl (C=O) groups is 1. The highest BCUT2D eigenvalue weighted by atomic mass is 16.4. The van der Waals surface area contributed by atoms with Crippen molar-refractivity contribution in [1.29, 1.82) is 0 Å². The van der Waals surface area contributed by atoms with E-state index >= 15 is 0 Å². The number of furan rings is 1. The molecule has 0 unspecified atom stereocenters. The molecule has 0 aromatic carbocycles. The van der Waals surface area contributed by atoms with Gasteiger partial charge in [-0.2, -0.15) is 0 Å². The SMILES string of the molecule is CNc1coc(NC)c1C(=O)O. The van der Waals surface area contributed by atoms with Gasteiger partial charge in [-0.05, 0) is 0 Å². The highest BCUT2D eigenvalue weighted by Gasteiger charge is 2.18. The molecule has 1 aromatic rings. The van der Waals surface area contributed by atoms with E-state index in [-0.39, 0.29) is 11.4 Å². The number of rotatable bonds is 3. The summed E-state index contributed by atoms with van der Waals surface area (Å²) in [7, 11) is 3.24. The van der Waals surface area contributed by atoms with Crippen molar-refractivity contribution < 1.29 is 14.3 Å². The molecular formula is C7H10N2O3. The van der Waals surface area contributed by atoms with Crippen LogP contribution >= 0.6 is 0 Å². The number of carboxylic acid groups (broad SMARTS) is 1. The number of carboxylic acids is 1. The van der Waals surface area contributed by atoms with Crippen molar-refractivity contribution in [3.05, 3.63) is 11.8 Å². The van der Waals surface area contributed by atoms with E-state index in [1.165, 1.54) is 6.26 Å². The van der Waals surface area contributed by atoms with Crippen LogP contribution in [0.5, 0.6) is 0 Å². The summed E-state index contributed by atoms with van der Waals surface area (Å²) in [5.74, 6) is -0.760. The zero-order chi connectivity index (χ0) is 9.14. The minimum atomic E-state index is -1.02. The first kappa shape index (κ1) is 8.45. The quantitative estimate of drug-likeness (QED) is 0.632. The summed E-state index contributed by atoms with van der Waals surface area (Å²) in [5, 5.41) is 14.1. The molecule has 0 saturated carbocycles. The second kappa shape index (κ2) is 3.17. The standard InChI is InChI=1S/C7H10N2O3/c1-8-4-3-12-6(9-2)5(4)7(10)11/h3,8-9H,1-2H3,(H,10,11). The van der Waals surface area contributed by atoms with Gasteiger partial charge in [0.25, 0.3) is 0 Å².